The first-order chi connectivity index (χ1) is 6.67. The maximum Gasteiger partial charge on any atom is 0.139 e. The molecule has 1 atom stereocenters. The van der Waals surface area contributed by atoms with Gasteiger partial charge < -0.3 is 10.1 Å². The van der Waals surface area contributed by atoms with Gasteiger partial charge in [0.05, 0.1) is 12.1 Å². The van der Waals surface area contributed by atoms with Gasteiger partial charge in [0, 0.05) is 17.8 Å². The lowest BCUT2D eigenvalue weighted by atomic mass is 10.2. The minimum Gasteiger partial charge on any atom is -0.495 e. The third kappa shape index (κ3) is 2.81. The molecular weight excluding hydrogens is 198 g/mol. The summed E-state index contributed by atoms with van der Waals surface area (Å²) in [5.41, 5.74) is 1.04. The molecule has 0 aliphatic heterocycles. The fraction of sp³-hybridized carbons (Fsp3) is 0.455. The first-order valence-corrected chi connectivity index (χ1v) is 5.15. The monoisotopic (exact) mass is 213 g/mol. The van der Waals surface area contributed by atoms with Gasteiger partial charge in [0.1, 0.15) is 5.75 Å². The fourth-order valence-corrected chi connectivity index (χ4v) is 1.33. The van der Waals surface area contributed by atoms with E-state index in [0.717, 1.165) is 12.1 Å². The van der Waals surface area contributed by atoms with Crippen molar-refractivity contribution in [2.75, 3.05) is 12.4 Å². The van der Waals surface area contributed by atoms with Gasteiger partial charge in [-0.2, -0.15) is 0 Å². The third-order valence-electron chi connectivity index (χ3n) is 2.18. The quantitative estimate of drug-likeness (QED) is 0.826. The van der Waals surface area contributed by atoms with Crippen LogP contribution in [-0.4, -0.2) is 13.2 Å². The second kappa shape index (κ2) is 5.11. The molecule has 0 bridgehead atoms. The molecule has 0 spiro atoms. The smallest absolute Gasteiger partial charge is 0.139 e. The Labute approximate surface area is 90.2 Å². The van der Waals surface area contributed by atoms with Crippen LogP contribution in [0.2, 0.25) is 5.02 Å². The van der Waals surface area contributed by atoms with Gasteiger partial charge in [-0.25, -0.2) is 0 Å². The molecule has 3 heteroatoms. The maximum absolute atomic E-state index is 5.91. The molecule has 0 amide bonds. The molecule has 78 valence electrons. The summed E-state index contributed by atoms with van der Waals surface area (Å²) in [6.07, 6.45) is 1.09. The van der Waals surface area contributed by atoms with Crippen LogP contribution in [0.3, 0.4) is 0 Å². The molecule has 0 radical (unpaired) electrons. The van der Waals surface area contributed by atoms with Crippen LogP contribution < -0.4 is 10.1 Å². The summed E-state index contributed by atoms with van der Waals surface area (Å²) in [4.78, 5) is 0. The van der Waals surface area contributed by atoms with Gasteiger partial charge in [0.25, 0.3) is 0 Å². The molecular formula is C11H16ClNO. The number of anilines is 1. The lowest BCUT2D eigenvalue weighted by Gasteiger charge is -2.14. The zero-order valence-corrected chi connectivity index (χ0v) is 9.56. The van der Waals surface area contributed by atoms with Crippen LogP contribution in [0, 0.1) is 0 Å². The summed E-state index contributed by atoms with van der Waals surface area (Å²) < 4.78 is 5.13. The van der Waals surface area contributed by atoms with Crippen molar-refractivity contribution in [3.63, 3.8) is 0 Å². The van der Waals surface area contributed by atoms with Crippen molar-refractivity contribution < 1.29 is 4.74 Å². The zero-order valence-electron chi connectivity index (χ0n) is 8.80. The topological polar surface area (TPSA) is 21.3 Å². The van der Waals surface area contributed by atoms with Gasteiger partial charge in [-0.3, -0.25) is 0 Å². The van der Waals surface area contributed by atoms with Crippen LogP contribution in [-0.2, 0) is 0 Å². The van der Waals surface area contributed by atoms with E-state index in [9.17, 15) is 0 Å². The summed E-state index contributed by atoms with van der Waals surface area (Å²) in [7, 11) is 1.62. The molecule has 1 aromatic rings. The summed E-state index contributed by atoms with van der Waals surface area (Å²) in [5.74, 6) is 0.708. The molecule has 0 fully saturated rings. The van der Waals surface area contributed by atoms with Gasteiger partial charge >= 0.3 is 0 Å². The van der Waals surface area contributed by atoms with Crippen molar-refractivity contribution in [2.45, 2.75) is 26.3 Å². The Morgan fingerprint density at radius 2 is 2.21 bits per heavy atom. The van der Waals surface area contributed by atoms with E-state index in [1.807, 2.05) is 18.2 Å². The lowest BCUT2D eigenvalue weighted by molar-refractivity contribution is 0.415. The molecule has 0 aliphatic carbocycles. The van der Waals surface area contributed by atoms with E-state index in [0.29, 0.717) is 16.8 Å². The van der Waals surface area contributed by atoms with Crippen LogP contribution in [0.1, 0.15) is 20.3 Å². The van der Waals surface area contributed by atoms with Gasteiger partial charge in [-0.05, 0) is 25.5 Å². The molecule has 0 heterocycles. The van der Waals surface area contributed by atoms with Gasteiger partial charge in [0.15, 0.2) is 0 Å². The average Bonchev–Trinajstić information content (AvgIpc) is 2.20. The SMILES string of the molecule is CCC(C)Nc1ccc(Cl)c(OC)c1. The largest absolute Gasteiger partial charge is 0.495 e. The van der Waals surface area contributed by atoms with Crippen LogP contribution in [0.5, 0.6) is 5.75 Å². The number of halogens is 1. The number of hydrogen-bond donors (Lipinski definition) is 1. The van der Waals surface area contributed by atoms with E-state index in [1.165, 1.54) is 0 Å². The highest BCUT2D eigenvalue weighted by molar-refractivity contribution is 6.32. The summed E-state index contributed by atoms with van der Waals surface area (Å²) in [5, 5.41) is 4.00. The number of benzene rings is 1. The van der Waals surface area contributed by atoms with E-state index >= 15 is 0 Å². The molecule has 14 heavy (non-hydrogen) atoms. The van der Waals surface area contributed by atoms with E-state index < -0.39 is 0 Å². The Kier molecular flexibility index (Phi) is 4.08. The number of nitrogens with one attached hydrogen (secondary N) is 1. The number of rotatable bonds is 4. The molecule has 1 unspecified atom stereocenters. The van der Waals surface area contributed by atoms with Gasteiger partial charge in [-0.15, -0.1) is 0 Å². The Hall–Kier alpha value is -0.890. The Morgan fingerprint density at radius 3 is 2.79 bits per heavy atom. The molecule has 0 aromatic heterocycles. The predicted molar refractivity (Wildman–Crippen MR) is 61.4 cm³/mol. The predicted octanol–water partition coefficient (Wildman–Crippen LogP) is 3.56. The van der Waals surface area contributed by atoms with E-state index in [1.54, 1.807) is 7.11 Å². The second-order valence-electron chi connectivity index (χ2n) is 3.30. The van der Waals surface area contributed by atoms with E-state index in [4.69, 9.17) is 16.3 Å². The Morgan fingerprint density at radius 1 is 1.50 bits per heavy atom. The average molecular weight is 214 g/mol. The minimum absolute atomic E-state index is 0.459. The van der Waals surface area contributed by atoms with Crippen molar-refractivity contribution >= 4 is 17.3 Å². The molecule has 0 saturated heterocycles. The highest BCUT2D eigenvalue weighted by atomic mass is 35.5. The van der Waals surface area contributed by atoms with Crippen molar-refractivity contribution in [3.8, 4) is 5.75 Å². The molecule has 0 aliphatic rings. The van der Waals surface area contributed by atoms with Crippen molar-refractivity contribution in [2.24, 2.45) is 0 Å². The van der Waals surface area contributed by atoms with Crippen molar-refractivity contribution in [1.82, 2.24) is 0 Å². The first kappa shape index (κ1) is 11.2. The highest BCUT2D eigenvalue weighted by Gasteiger charge is 2.03. The fourth-order valence-electron chi connectivity index (χ4n) is 1.14. The summed E-state index contributed by atoms with van der Waals surface area (Å²) in [6, 6.07) is 6.16. The standard InChI is InChI=1S/C11H16ClNO/c1-4-8(2)13-9-5-6-10(12)11(7-9)14-3/h5-8,13H,4H2,1-3H3. The number of ether oxygens (including phenoxy) is 1. The van der Waals surface area contributed by atoms with Crippen LogP contribution >= 0.6 is 11.6 Å². The lowest BCUT2D eigenvalue weighted by Crippen LogP contribution is -2.13. The molecule has 0 saturated carbocycles. The number of methoxy groups -OCH3 is 1. The van der Waals surface area contributed by atoms with Crippen LogP contribution in [0.15, 0.2) is 18.2 Å². The molecule has 1 rings (SSSR count). The van der Waals surface area contributed by atoms with Gasteiger partial charge in [0.2, 0.25) is 0 Å². The molecule has 2 nitrogen and oxygen atoms in total. The Bertz CT molecular complexity index is 301. The second-order valence-corrected chi connectivity index (χ2v) is 3.71. The normalized spacial score (nSPS) is 12.3. The van der Waals surface area contributed by atoms with Crippen molar-refractivity contribution in [1.29, 1.82) is 0 Å². The zero-order chi connectivity index (χ0) is 10.6. The first-order valence-electron chi connectivity index (χ1n) is 4.77. The van der Waals surface area contributed by atoms with E-state index in [2.05, 4.69) is 19.2 Å². The third-order valence-corrected chi connectivity index (χ3v) is 2.49. The molecule has 1 N–H and O–H groups in total. The van der Waals surface area contributed by atoms with Crippen molar-refractivity contribution in [3.05, 3.63) is 23.2 Å². The molecule has 1 aromatic carbocycles. The summed E-state index contributed by atoms with van der Waals surface area (Å²) >= 11 is 5.91. The summed E-state index contributed by atoms with van der Waals surface area (Å²) in [6.45, 7) is 4.28. The van der Waals surface area contributed by atoms with E-state index in [-0.39, 0.29) is 0 Å². The van der Waals surface area contributed by atoms with Crippen LogP contribution in [0.25, 0.3) is 0 Å². The number of hydrogen-bond acceptors (Lipinski definition) is 2. The minimum atomic E-state index is 0.459. The maximum atomic E-state index is 5.91. The Balaban J connectivity index is 2.79. The van der Waals surface area contributed by atoms with Crippen LogP contribution in [0.4, 0.5) is 5.69 Å². The van der Waals surface area contributed by atoms with Gasteiger partial charge in [-0.1, -0.05) is 18.5 Å². The highest BCUT2D eigenvalue weighted by Crippen LogP contribution is 2.27.